The van der Waals surface area contributed by atoms with Gasteiger partial charge in [0.15, 0.2) is 0 Å². The largest absolute Gasteiger partial charge is 0.461 e. The number of hydrogen-bond donors (Lipinski definition) is 2. The number of aliphatic hydroxyl groups is 1. The molecule has 1 aromatic carbocycles. The number of benzene rings is 1. The Morgan fingerprint density at radius 2 is 1.83 bits per heavy atom. The van der Waals surface area contributed by atoms with Gasteiger partial charge >= 0.3 is 12.5 Å². The normalized spacial score (nSPS) is 19.6. The van der Waals surface area contributed by atoms with E-state index in [1.54, 1.807) is 6.07 Å². The van der Waals surface area contributed by atoms with Crippen molar-refractivity contribution < 1.29 is 27.4 Å². The van der Waals surface area contributed by atoms with Gasteiger partial charge in [0.05, 0.1) is 12.1 Å². The van der Waals surface area contributed by atoms with Crippen LogP contribution in [0.4, 0.5) is 17.6 Å². The van der Waals surface area contributed by atoms with Crippen molar-refractivity contribution in [2.45, 2.75) is 56.8 Å². The van der Waals surface area contributed by atoms with Gasteiger partial charge in [0, 0.05) is 0 Å². The van der Waals surface area contributed by atoms with Gasteiger partial charge in [-0.3, -0.25) is 0 Å². The number of ether oxygens (including phenoxy) is 1. The van der Waals surface area contributed by atoms with E-state index in [9.17, 15) is 22.7 Å². The van der Waals surface area contributed by atoms with Gasteiger partial charge in [0.2, 0.25) is 0 Å². The van der Waals surface area contributed by atoms with Gasteiger partial charge in [-0.05, 0) is 36.5 Å². The fraction of sp³-hybridized carbons (Fsp3) is 0.625. The zero-order valence-corrected chi connectivity index (χ0v) is 12.6. The maximum Gasteiger partial charge on any atom is 0.461 e. The van der Waals surface area contributed by atoms with Gasteiger partial charge in [-0.25, -0.2) is 0 Å². The first-order valence-corrected chi connectivity index (χ1v) is 7.70. The lowest BCUT2D eigenvalue weighted by Gasteiger charge is -2.30. The summed E-state index contributed by atoms with van der Waals surface area (Å²) >= 11 is 0. The zero-order chi connectivity index (χ0) is 17.0. The van der Waals surface area contributed by atoms with Crippen LogP contribution in [0.15, 0.2) is 24.3 Å². The van der Waals surface area contributed by atoms with Crippen molar-refractivity contribution in [2.75, 3.05) is 0 Å². The van der Waals surface area contributed by atoms with Crippen LogP contribution in [0.25, 0.3) is 0 Å². The lowest BCUT2D eigenvalue weighted by atomic mass is 9.81. The molecule has 2 rings (SSSR count). The molecule has 0 heterocycles. The molecular formula is C16H21F4NO2. The Balaban J connectivity index is 2.09. The molecule has 1 fully saturated rings. The Labute approximate surface area is 132 Å². The van der Waals surface area contributed by atoms with Crippen molar-refractivity contribution in [3.05, 3.63) is 29.8 Å². The highest BCUT2D eigenvalue weighted by Crippen LogP contribution is 2.33. The molecule has 7 heteroatoms. The van der Waals surface area contributed by atoms with Crippen molar-refractivity contribution >= 4 is 0 Å². The van der Waals surface area contributed by atoms with Gasteiger partial charge in [-0.15, -0.1) is 0 Å². The second kappa shape index (κ2) is 7.49. The molecule has 3 nitrogen and oxygen atoms in total. The molecule has 0 aliphatic heterocycles. The maximum atomic E-state index is 13.0. The van der Waals surface area contributed by atoms with E-state index in [0.29, 0.717) is 5.56 Å². The second-order valence-corrected chi connectivity index (χ2v) is 5.95. The molecule has 0 unspecified atom stereocenters. The number of alkyl halides is 4. The average Bonchev–Trinajstić information content (AvgIpc) is 2.54. The minimum Gasteiger partial charge on any atom is -0.428 e. The van der Waals surface area contributed by atoms with E-state index < -0.39 is 30.4 Å². The third kappa shape index (κ3) is 4.57. The minimum absolute atomic E-state index is 0.0610. The van der Waals surface area contributed by atoms with E-state index in [-0.39, 0.29) is 5.92 Å². The topological polar surface area (TPSA) is 55.5 Å². The Morgan fingerprint density at radius 1 is 1.17 bits per heavy atom. The first-order chi connectivity index (χ1) is 10.8. The predicted molar refractivity (Wildman–Crippen MR) is 77.5 cm³/mol. The van der Waals surface area contributed by atoms with Crippen LogP contribution in [0, 0.1) is 5.92 Å². The van der Waals surface area contributed by atoms with Crippen molar-refractivity contribution in [3.8, 4) is 5.75 Å². The predicted octanol–water partition coefficient (Wildman–Crippen LogP) is 3.86. The monoisotopic (exact) mass is 335 g/mol. The Morgan fingerprint density at radius 3 is 2.43 bits per heavy atom. The van der Waals surface area contributed by atoms with Gasteiger partial charge in [0.25, 0.3) is 0 Å². The summed E-state index contributed by atoms with van der Waals surface area (Å²) < 4.78 is 54.4. The summed E-state index contributed by atoms with van der Waals surface area (Å²) in [5.41, 5.74) is 6.40. The lowest BCUT2D eigenvalue weighted by molar-refractivity contribution is -0.253. The summed E-state index contributed by atoms with van der Waals surface area (Å²) in [6.45, 7) is 0. The van der Waals surface area contributed by atoms with Gasteiger partial charge in [-0.1, -0.05) is 31.4 Å². The van der Waals surface area contributed by atoms with Crippen molar-refractivity contribution in [2.24, 2.45) is 11.7 Å². The smallest absolute Gasteiger partial charge is 0.428 e. The van der Waals surface area contributed by atoms with E-state index in [2.05, 4.69) is 4.74 Å². The van der Waals surface area contributed by atoms with E-state index in [1.165, 1.54) is 12.1 Å². The summed E-state index contributed by atoms with van der Waals surface area (Å²) in [7, 11) is 0. The van der Waals surface area contributed by atoms with Crippen LogP contribution >= 0.6 is 0 Å². The van der Waals surface area contributed by atoms with Crippen LogP contribution in [-0.2, 0) is 0 Å². The van der Waals surface area contributed by atoms with Gasteiger partial charge in [-0.2, -0.15) is 17.6 Å². The van der Waals surface area contributed by atoms with E-state index in [4.69, 9.17) is 5.73 Å². The van der Waals surface area contributed by atoms with Crippen LogP contribution in [-0.4, -0.2) is 23.7 Å². The second-order valence-electron chi connectivity index (χ2n) is 5.95. The molecule has 0 bridgehead atoms. The van der Waals surface area contributed by atoms with Crippen LogP contribution in [0.1, 0.15) is 43.7 Å². The molecule has 0 spiro atoms. The summed E-state index contributed by atoms with van der Waals surface area (Å²) in [6, 6.07) is 4.50. The van der Waals surface area contributed by atoms with Crippen LogP contribution in [0.2, 0.25) is 0 Å². The van der Waals surface area contributed by atoms with E-state index in [0.717, 1.165) is 38.2 Å². The van der Waals surface area contributed by atoms with Crippen molar-refractivity contribution in [1.29, 1.82) is 0 Å². The highest BCUT2D eigenvalue weighted by Gasteiger charge is 2.44. The molecule has 1 aliphatic carbocycles. The molecule has 23 heavy (non-hydrogen) atoms. The summed E-state index contributed by atoms with van der Waals surface area (Å²) in [5.74, 6) is -0.343. The highest BCUT2D eigenvalue weighted by molar-refractivity contribution is 5.31. The summed E-state index contributed by atoms with van der Waals surface area (Å²) in [5, 5.41) is 10.4. The lowest BCUT2D eigenvalue weighted by Crippen LogP contribution is -2.35. The number of rotatable bonds is 6. The molecule has 0 amide bonds. The third-order valence-corrected chi connectivity index (χ3v) is 4.25. The number of hydrogen-bond acceptors (Lipinski definition) is 3. The molecule has 2 atom stereocenters. The number of halogens is 4. The van der Waals surface area contributed by atoms with E-state index in [1.807, 2.05) is 0 Å². The van der Waals surface area contributed by atoms with Crippen LogP contribution < -0.4 is 10.5 Å². The highest BCUT2D eigenvalue weighted by atomic mass is 19.3. The van der Waals surface area contributed by atoms with Crippen LogP contribution in [0.5, 0.6) is 5.75 Å². The Bertz CT molecular complexity index is 507. The first kappa shape index (κ1) is 18.0. The molecule has 1 aromatic rings. The standard InChI is InChI=1S/C16H21F4NO2/c17-15(18)16(19,20)23-12-8-4-7-11(9-12)13(21)14(22)10-5-2-1-3-6-10/h4,7-10,13-15,22H,1-3,5-6,21H2/t13-,14+/m1/s1. The molecular weight excluding hydrogens is 314 g/mol. The summed E-state index contributed by atoms with van der Waals surface area (Å²) in [4.78, 5) is 0. The van der Waals surface area contributed by atoms with Gasteiger partial charge in [0.1, 0.15) is 5.75 Å². The Kier molecular flexibility index (Phi) is 5.86. The molecule has 0 aromatic heterocycles. The SMILES string of the molecule is N[C@H](c1cccc(OC(F)(F)C(F)F)c1)[C@@H](O)C1CCCCC1. The molecule has 130 valence electrons. The van der Waals surface area contributed by atoms with Gasteiger partial charge < -0.3 is 15.6 Å². The Hall–Kier alpha value is -1.34. The molecule has 0 radical (unpaired) electrons. The van der Waals surface area contributed by atoms with Crippen molar-refractivity contribution in [1.82, 2.24) is 0 Å². The molecule has 3 N–H and O–H groups in total. The zero-order valence-electron chi connectivity index (χ0n) is 12.6. The van der Waals surface area contributed by atoms with Crippen molar-refractivity contribution in [3.63, 3.8) is 0 Å². The fourth-order valence-corrected chi connectivity index (χ4v) is 2.95. The van der Waals surface area contributed by atoms with E-state index >= 15 is 0 Å². The third-order valence-electron chi connectivity index (χ3n) is 4.25. The minimum atomic E-state index is -4.56. The number of aliphatic hydroxyl groups excluding tert-OH is 1. The van der Waals surface area contributed by atoms with Crippen LogP contribution in [0.3, 0.4) is 0 Å². The first-order valence-electron chi connectivity index (χ1n) is 7.70. The molecule has 1 aliphatic rings. The average molecular weight is 335 g/mol. The fourth-order valence-electron chi connectivity index (χ4n) is 2.95. The maximum absolute atomic E-state index is 13.0. The summed E-state index contributed by atoms with van der Waals surface area (Å²) in [6.07, 6.45) is -4.37. The molecule has 1 saturated carbocycles. The number of nitrogens with two attached hydrogens (primary N) is 1. The quantitative estimate of drug-likeness (QED) is 0.776. The molecule has 0 saturated heterocycles.